The fraction of sp³-hybridized carbons (Fsp3) is 0.400. The number of amides is 4. The lowest BCUT2D eigenvalue weighted by molar-refractivity contribution is -0.134. The molecule has 6 nitrogen and oxygen atoms in total. The zero-order chi connectivity index (χ0) is 22.6. The number of carbonyl (C=O) groups is 3. The first-order valence-electron chi connectivity index (χ1n) is 10.8. The summed E-state index contributed by atoms with van der Waals surface area (Å²) in [6, 6.07) is 16.3. The van der Waals surface area contributed by atoms with Crippen LogP contribution in [-0.4, -0.2) is 29.3 Å². The molecule has 0 bridgehead atoms. The van der Waals surface area contributed by atoms with E-state index in [-0.39, 0.29) is 17.9 Å². The third kappa shape index (κ3) is 4.79. The molecule has 2 aromatic carbocycles. The van der Waals surface area contributed by atoms with Crippen LogP contribution in [0.15, 0.2) is 54.6 Å². The van der Waals surface area contributed by atoms with Gasteiger partial charge in [0.25, 0.3) is 5.91 Å². The molecular formula is C25H31N3O3. The molecule has 0 spiro atoms. The number of hydrogen-bond donors (Lipinski definition) is 2. The monoisotopic (exact) mass is 421 g/mol. The Morgan fingerprint density at radius 2 is 1.68 bits per heavy atom. The molecule has 4 amide bonds. The lowest BCUT2D eigenvalue weighted by Crippen LogP contribution is -2.44. The average molecular weight is 422 g/mol. The van der Waals surface area contributed by atoms with Crippen LogP contribution in [0.5, 0.6) is 0 Å². The first-order chi connectivity index (χ1) is 14.7. The molecule has 0 saturated carbocycles. The van der Waals surface area contributed by atoms with Crippen LogP contribution in [0.4, 0.5) is 10.5 Å². The Morgan fingerprint density at radius 3 is 2.26 bits per heavy atom. The molecule has 0 radical (unpaired) electrons. The first-order valence-corrected chi connectivity index (χ1v) is 10.8. The van der Waals surface area contributed by atoms with Gasteiger partial charge in [0.2, 0.25) is 5.91 Å². The van der Waals surface area contributed by atoms with Gasteiger partial charge in [0.15, 0.2) is 0 Å². The van der Waals surface area contributed by atoms with Crippen LogP contribution in [-0.2, 0) is 20.5 Å². The Hall–Kier alpha value is -3.15. The number of rotatable bonds is 7. The van der Waals surface area contributed by atoms with E-state index in [0.29, 0.717) is 12.1 Å². The minimum atomic E-state index is -1.12. The van der Waals surface area contributed by atoms with Crippen molar-refractivity contribution >= 4 is 23.5 Å². The largest absolute Gasteiger partial charge is 0.325 e. The fourth-order valence-corrected chi connectivity index (χ4v) is 3.84. The summed E-state index contributed by atoms with van der Waals surface area (Å²) in [5, 5.41) is 5.66. The minimum absolute atomic E-state index is 0.0157. The molecule has 31 heavy (non-hydrogen) atoms. The topological polar surface area (TPSA) is 78.5 Å². The van der Waals surface area contributed by atoms with Crippen LogP contribution in [0.3, 0.4) is 0 Å². The van der Waals surface area contributed by atoms with Gasteiger partial charge < -0.3 is 10.6 Å². The normalized spacial score (nSPS) is 18.8. The highest BCUT2D eigenvalue weighted by atomic mass is 16.2. The van der Waals surface area contributed by atoms with Crippen molar-refractivity contribution in [3.63, 3.8) is 0 Å². The number of carbonyl (C=O) groups excluding carboxylic acids is 3. The summed E-state index contributed by atoms with van der Waals surface area (Å²) in [5.74, 6) is -0.790. The molecule has 3 rings (SSSR count). The van der Waals surface area contributed by atoms with Crippen molar-refractivity contribution in [3.05, 3.63) is 65.7 Å². The first kappa shape index (κ1) is 22.5. The number of benzene rings is 2. The van der Waals surface area contributed by atoms with Crippen molar-refractivity contribution in [2.45, 2.75) is 57.9 Å². The summed E-state index contributed by atoms with van der Waals surface area (Å²) < 4.78 is 0. The van der Waals surface area contributed by atoms with E-state index in [1.54, 1.807) is 0 Å². The van der Waals surface area contributed by atoms with E-state index in [4.69, 9.17) is 0 Å². The number of urea groups is 1. The summed E-state index contributed by atoms with van der Waals surface area (Å²) in [7, 11) is 0. The molecule has 1 aliphatic heterocycles. The lowest BCUT2D eigenvalue weighted by Gasteiger charge is -2.27. The zero-order valence-corrected chi connectivity index (χ0v) is 18.7. The molecule has 2 aromatic rings. The third-order valence-corrected chi connectivity index (χ3v) is 5.68. The maximum Gasteiger partial charge on any atom is 0.325 e. The predicted octanol–water partition coefficient (Wildman–Crippen LogP) is 4.56. The SMILES string of the molecule is CCCCC1(c2ccccc2)NC(=O)N(CC(=O)Nc2ccc(C(C)(C)C)cc2)C1=O. The molecule has 1 saturated heterocycles. The van der Waals surface area contributed by atoms with Crippen molar-refractivity contribution in [1.82, 2.24) is 10.2 Å². The van der Waals surface area contributed by atoms with E-state index in [0.717, 1.165) is 28.9 Å². The number of imide groups is 1. The maximum absolute atomic E-state index is 13.3. The molecule has 0 aliphatic carbocycles. The molecule has 1 unspecified atom stereocenters. The summed E-state index contributed by atoms with van der Waals surface area (Å²) in [6.45, 7) is 8.07. The molecule has 1 heterocycles. The Bertz CT molecular complexity index is 948. The number of unbranched alkanes of at least 4 members (excludes halogenated alkanes) is 1. The van der Waals surface area contributed by atoms with Gasteiger partial charge in [0, 0.05) is 5.69 Å². The molecule has 164 valence electrons. The fourth-order valence-electron chi connectivity index (χ4n) is 3.84. The zero-order valence-electron chi connectivity index (χ0n) is 18.7. The third-order valence-electron chi connectivity index (χ3n) is 5.68. The van der Waals surface area contributed by atoms with Gasteiger partial charge in [-0.05, 0) is 35.1 Å². The van der Waals surface area contributed by atoms with Crippen LogP contribution in [0, 0.1) is 0 Å². The van der Waals surface area contributed by atoms with Gasteiger partial charge >= 0.3 is 6.03 Å². The molecule has 1 atom stereocenters. The lowest BCUT2D eigenvalue weighted by atomic mass is 9.85. The van der Waals surface area contributed by atoms with Gasteiger partial charge in [-0.15, -0.1) is 0 Å². The smallest absolute Gasteiger partial charge is 0.325 e. The highest BCUT2D eigenvalue weighted by molar-refractivity contribution is 6.10. The van der Waals surface area contributed by atoms with Gasteiger partial charge in [0.05, 0.1) is 0 Å². The summed E-state index contributed by atoms with van der Waals surface area (Å²) in [5.41, 5.74) is 1.42. The van der Waals surface area contributed by atoms with Crippen molar-refractivity contribution in [3.8, 4) is 0 Å². The van der Waals surface area contributed by atoms with Crippen LogP contribution in [0.2, 0.25) is 0 Å². The van der Waals surface area contributed by atoms with E-state index in [9.17, 15) is 14.4 Å². The average Bonchev–Trinajstić information content (AvgIpc) is 2.97. The quantitative estimate of drug-likeness (QED) is 0.643. The van der Waals surface area contributed by atoms with Crippen molar-refractivity contribution in [2.75, 3.05) is 11.9 Å². The Balaban J connectivity index is 1.75. The van der Waals surface area contributed by atoms with Gasteiger partial charge in [-0.1, -0.05) is 83.0 Å². The Kier molecular flexibility index (Phi) is 6.48. The second kappa shape index (κ2) is 8.92. The molecule has 1 aliphatic rings. The Labute approximate surface area is 184 Å². The van der Waals surface area contributed by atoms with E-state index in [1.807, 2.05) is 61.5 Å². The maximum atomic E-state index is 13.3. The van der Waals surface area contributed by atoms with Crippen LogP contribution in [0.1, 0.15) is 58.1 Å². The van der Waals surface area contributed by atoms with Crippen molar-refractivity contribution in [2.24, 2.45) is 0 Å². The van der Waals surface area contributed by atoms with Crippen molar-refractivity contribution < 1.29 is 14.4 Å². The predicted molar refractivity (Wildman–Crippen MR) is 122 cm³/mol. The van der Waals surface area contributed by atoms with Crippen LogP contribution in [0.25, 0.3) is 0 Å². The van der Waals surface area contributed by atoms with Gasteiger partial charge in [0.1, 0.15) is 12.1 Å². The highest BCUT2D eigenvalue weighted by Gasteiger charge is 2.52. The van der Waals surface area contributed by atoms with Crippen LogP contribution < -0.4 is 10.6 Å². The number of hydrogen-bond acceptors (Lipinski definition) is 3. The second-order valence-corrected chi connectivity index (χ2v) is 9.07. The number of nitrogens with zero attached hydrogens (tertiary/aromatic N) is 1. The summed E-state index contributed by atoms with van der Waals surface area (Å²) in [6.07, 6.45) is 2.16. The van der Waals surface area contributed by atoms with Gasteiger partial charge in [-0.2, -0.15) is 0 Å². The second-order valence-electron chi connectivity index (χ2n) is 9.07. The minimum Gasteiger partial charge on any atom is -0.325 e. The number of anilines is 1. The van der Waals surface area contributed by atoms with E-state index in [1.165, 1.54) is 0 Å². The standard InChI is InChI=1S/C25H31N3O3/c1-5-6-16-25(19-10-8-7-9-11-19)22(30)28(23(31)27-25)17-21(29)26-20-14-12-18(13-15-20)24(2,3)4/h7-15H,5-6,16-17H2,1-4H3,(H,26,29)(H,27,31). The molecular weight excluding hydrogens is 390 g/mol. The Morgan fingerprint density at radius 1 is 1.03 bits per heavy atom. The molecule has 2 N–H and O–H groups in total. The van der Waals surface area contributed by atoms with Gasteiger partial charge in [-0.3, -0.25) is 14.5 Å². The van der Waals surface area contributed by atoms with Crippen molar-refractivity contribution in [1.29, 1.82) is 0 Å². The van der Waals surface area contributed by atoms with Crippen LogP contribution >= 0.6 is 0 Å². The summed E-state index contributed by atoms with van der Waals surface area (Å²) >= 11 is 0. The molecule has 6 heteroatoms. The summed E-state index contributed by atoms with van der Waals surface area (Å²) in [4.78, 5) is 39.7. The highest BCUT2D eigenvalue weighted by Crippen LogP contribution is 2.34. The van der Waals surface area contributed by atoms with E-state index < -0.39 is 17.5 Å². The molecule has 1 fully saturated rings. The molecule has 0 aromatic heterocycles. The van der Waals surface area contributed by atoms with E-state index in [2.05, 4.69) is 31.4 Å². The van der Waals surface area contributed by atoms with E-state index >= 15 is 0 Å². The number of nitrogens with one attached hydrogen (secondary N) is 2. The van der Waals surface area contributed by atoms with Gasteiger partial charge in [-0.25, -0.2) is 4.79 Å².